The van der Waals surface area contributed by atoms with Crippen LogP contribution in [0.3, 0.4) is 0 Å². The topological polar surface area (TPSA) is 42.7 Å². The summed E-state index contributed by atoms with van der Waals surface area (Å²) in [7, 11) is 1.98. The standard InChI is InChI=1S/C13H18N4/c1-3-12(17-10-15-9-16-17)13(14-2)11-7-5-4-6-8-11/h4-10,12-14H,3H2,1-2H3. The predicted molar refractivity (Wildman–Crippen MR) is 67.6 cm³/mol. The summed E-state index contributed by atoms with van der Waals surface area (Å²) < 4.78 is 1.92. The van der Waals surface area contributed by atoms with E-state index in [1.165, 1.54) is 5.56 Å². The molecule has 4 nitrogen and oxygen atoms in total. The number of likely N-dealkylation sites (N-methyl/N-ethyl adjacent to an activating group) is 1. The van der Waals surface area contributed by atoms with E-state index < -0.39 is 0 Å². The number of rotatable bonds is 5. The number of nitrogens with one attached hydrogen (secondary N) is 1. The maximum atomic E-state index is 4.25. The first-order chi connectivity index (χ1) is 8.36. The fourth-order valence-corrected chi connectivity index (χ4v) is 2.21. The van der Waals surface area contributed by atoms with Gasteiger partial charge in [-0.05, 0) is 19.0 Å². The Labute approximate surface area is 102 Å². The molecule has 0 spiro atoms. The zero-order valence-electron chi connectivity index (χ0n) is 10.2. The summed E-state index contributed by atoms with van der Waals surface area (Å²) in [6.07, 6.45) is 4.37. The van der Waals surface area contributed by atoms with E-state index in [9.17, 15) is 0 Å². The van der Waals surface area contributed by atoms with Crippen molar-refractivity contribution in [3.05, 3.63) is 48.5 Å². The van der Waals surface area contributed by atoms with Crippen molar-refractivity contribution in [1.29, 1.82) is 0 Å². The predicted octanol–water partition coefficient (Wildman–Crippen LogP) is 2.19. The molecule has 0 amide bonds. The molecular weight excluding hydrogens is 212 g/mol. The molecule has 4 heteroatoms. The molecule has 0 saturated carbocycles. The zero-order valence-corrected chi connectivity index (χ0v) is 10.2. The molecule has 1 aromatic carbocycles. The van der Waals surface area contributed by atoms with Gasteiger partial charge < -0.3 is 5.32 Å². The molecule has 90 valence electrons. The average molecular weight is 230 g/mol. The quantitative estimate of drug-likeness (QED) is 0.856. The van der Waals surface area contributed by atoms with Gasteiger partial charge in [-0.25, -0.2) is 9.67 Å². The molecular formula is C13H18N4. The molecule has 0 aliphatic rings. The van der Waals surface area contributed by atoms with Crippen molar-refractivity contribution in [2.24, 2.45) is 0 Å². The van der Waals surface area contributed by atoms with E-state index in [1.807, 2.05) is 17.8 Å². The summed E-state index contributed by atoms with van der Waals surface area (Å²) in [5.74, 6) is 0. The molecule has 0 bridgehead atoms. The second-order valence-corrected chi connectivity index (χ2v) is 4.03. The van der Waals surface area contributed by atoms with Gasteiger partial charge in [0.15, 0.2) is 0 Å². The van der Waals surface area contributed by atoms with E-state index in [1.54, 1.807) is 12.7 Å². The summed E-state index contributed by atoms with van der Waals surface area (Å²) in [5.41, 5.74) is 1.28. The van der Waals surface area contributed by atoms with Crippen LogP contribution in [-0.2, 0) is 0 Å². The molecule has 1 heterocycles. The molecule has 0 aliphatic heterocycles. The fraction of sp³-hybridized carbons (Fsp3) is 0.385. The molecule has 2 unspecified atom stereocenters. The zero-order chi connectivity index (χ0) is 12.1. The Morgan fingerprint density at radius 1 is 1.29 bits per heavy atom. The molecule has 17 heavy (non-hydrogen) atoms. The summed E-state index contributed by atoms with van der Waals surface area (Å²) in [6.45, 7) is 2.17. The second kappa shape index (κ2) is 5.59. The second-order valence-electron chi connectivity index (χ2n) is 4.03. The summed E-state index contributed by atoms with van der Waals surface area (Å²) in [5, 5.41) is 7.62. The van der Waals surface area contributed by atoms with Crippen LogP contribution >= 0.6 is 0 Å². The smallest absolute Gasteiger partial charge is 0.137 e. The van der Waals surface area contributed by atoms with Gasteiger partial charge in [0.2, 0.25) is 0 Å². The van der Waals surface area contributed by atoms with Crippen LogP contribution in [0, 0.1) is 0 Å². The van der Waals surface area contributed by atoms with E-state index in [4.69, 9.17) is 0 Å². The molecule has 2 rings (SSSR count). The monoisotopic (exact) mass is 230 g/mol. The number of nitrogens with zero attached hydrogens (tertiary/aromatic N) is 3. The Kier molecular flexibility index (Phi) is 3.88. The molecule has 0 saturated heterocycles. The number of hydrogen-bond donors (Lipinski definition) is 1. The summed E-state index contributed by atoms with van der Waals surface area (Å²) in [6, 6.07) is 11.0. The van der Waals surface area contributed by atoms with Crippen molar-refractivity contribution in [2.75, 3.05) is 7.05 Å². The van der Waals surface area contributed by atoms with Crippen molar-refractivity contribution in [2.45, 2.75) is 25.4 Å². The lowest BCUT2D eigenvalue weighted by Gasteiger charge is -2.26. The van der Waals surface area contributed by atoms with Crippen molar-refractivity contribution < 1.29 is 0 Å². The Morgan fingerprint density at radius 2 is 2.06 bits per heavy atom. The average Bonchev–Trinajstić information content (AvgIpc) is 2.90. The number of hydrogen-bond acceptors (Lipinski definition) is 3. The van der Waals surface area contributed by atoms with E-state index in [0.29, 0.717) is 0 Å². The summed E-state index contributed by atoms with van der Waals surface area (Å²) >= 11 is 0. The lowest BCUT2D eigenvalue weighted by atomic mass is 9.98. The van der Waals surface area contributed by atoms with Crippen LogP contribution < -0.4 is 5.32 Å². The van der Waals surface area contributed by atoms with Crippen molar-refractivity contribution in [3.8, 4) is 0 Å². The molecule has 1 aromatic heterocycles. The van der Waals surface area contributed by atoms with Gasteiger partial charge in [-0.2, -0.15) is 5.10 Å². The van der Waals surface area contributed by atoms with E-state index in [2.05, 4.69) is 46.6 Å². The van der Waals surface area contributed by atoms with Crippen LogP contribution in [0.2, 0.25) is 0 Å². The minimum atomic E-state index is 0.253. The third kappa shape index (κ3) is 2.53. The first kappa shape index (κ1) is 11.8. The van der Waals surface area contributed by atoms with Gasteiger partial charge >= 0.3 is 0 Å². The van der Waals surface area contributed by atoms with Gasteiger partial charge in [-0.3, -0.25) is 0 Å². The Hall–Kier alpha value is -1.68. The van der Waals surface area contributed by atoms with Crippen molar-refractivity contribution in [3.63, 3.8) is 0 Å². The fourth-order valence-electron chi connectivity index (χ4n) is 2.21. The first-order valence-corrected chi connectivity index (χ1v) is 5.93. The third-order valence-corrected chi connectivity index (χ3v) is 3.05. The highest BCUT2D eigenvalue weighted by Crippen LogP contribution is 2.27. The molecule has 0 fully saturated rings. The molecule has 0 aliphatic carbocycles. The minimum absolute atomic E-state index is 0.253. The van der Waals surface area contributed by atoms with Gasteiger partial charge in [0.05, 0.1) is 12.1 Å². The van der Waals surface area contributed by atoms with Crippen molar-refractivity contribution in [1.82, 2.24) is 20.1 Å². The van der Waals surface area contributed by atoms with Crippen LogP contribution in [0.5, 0.6) is 0 Å². The molecule has 1 N–H and O–H groups in total. The highest BCUT2D eigenvalue weighted by atomic mass is 15.3. The van der Waals surface area contributed by atoms with Gasteiger partial charge in [-0.1, -0.05) is 37.3 Å². The van der Waals surface area contributed by atoms with E-state index in [0.717, 1.165) is 6.42 Å². The maximum Gasteiger partial charge on any atom is 0.137 e. The lowest BCUT2D eigenvalue weighted by Crippen LogP contribution is -2.27. The van der Waals surface area contributed by atoms with E-state index in [-0.39, 0.29) is 12.1 Å². The number of aromatic nitrogens is 3. The highest BCUT2D eigenvalue weighted by molar-refractivity contribution is 5.20. The lowest BCUT2D eigenvalue weighted by molar-refractivity contribution is 0.335. The highest BCUT2D eigenvalue weighted by Gasteiger charge is 2.21. The van der Waals surface area contributed by atoms with Gasteiger partial charge in [0, 0.05) is 0 Å². The third-order valence-electron chi connectivity index (χ3n) is 3.05. The largest absolute Gasteiger partial charge is 0.311 e. The SMILES string of the molecule is CCC(C(NC)c1ccccc1)n1cncn1. The Balaban J connectivity index is 2.28. The van der Waals surface area contributed by atoms with Gasteiger partial charge in [-0.15, -0.1) is 0 Å². The minimum Gasteiger partial charge on any atom is -0.311 e. The van der Waals surface area contributed by atoms with E-state index >= 15 is 0 Å². The van der Waals surface area contributed by atoms with Crippen LogP contribution in [0.4, 0.5) is 0 Å². The van der Waals surface area contributed by atoms with Gasteiger partial charge in [0.25, 0.3) is 0 Å². The number of benzene rings is 1. The molecule has 0 radical (unpaired) electrons. The first-order valence-electron chi connectivity index (χ1n) is 5.93. The van der Waals surface area contributed by atoms with Crippen LogP contribution in [0.25, 0.3) is 0 Å². The Morgan fingerprint density at radius 3 is 2.59 bits per heavy atom. The summed E-state index contributed by atoms with van der Waals surface area (Å²) in [4.78, 5) is 4.03. The normalized spacial score (nSPS) is 14.5. The Bertz CT molecular complexity index is 424. The van der Waals surface area contributed by atoms with Crippen LogP contribution in [0.15, 0.2) is 43.0 Å². The van der Waals surface area contributed by atoms with Crippen LogP contribution in [-0.4, -0.2) is 21.8 Å². The van der Waals surface area contributed by atoms with Crippen molar-refractivity contribution >= 4 is 0 Å². The van der Waals surface area contributed by atoms with Gasteiger partial charge in [0.1, 0.15) is 12.7 Å². The molecule has 2 aromatic rings. The van der Waals surface area contributed by atoms with Crippen LogP contribution in [0.1, 0.15) is 31.0 Å². The molecule has 2 atom stereocenters. The maximum absolute atomic E-state index is 4.25.